The van der Waals surface area contributed by atoms with E-state index >= 15 is 0 Å². The van der Waals surface area contributed by atoms with E-state index in [4.69, 9.17) is 17.7 Å². The molecule has 2 fully saturated rings. The summed E-state index contributed by atoms with van der Waals surface area (Å²) in [5.74, 6) is 0.621. The molecule has 12 heteroatoms. The Kier molecular flexibility index (Phi) is 7.46. The van der Waals surface area contributed by atoms with Gasteiger partial charge in [0, 0.05) is 7.05 Å². The lowest BCUT2D eigenvalue weighted by Crippen LogP contribution is -2.65. The number of nitrogens with one attached hydrogen (secondary N) is 1. The van der Waals surface area contributed by atoms with Crippen LogP contribution in [0, 0.1) is 0 Å². The van der Waals surface area contributed by atoms with Gasteiger partial charge < -0.3 is 28.1 Å². The zero-order valence-corrected chi connectivity index (χ0v) is 24.3. The standard InChI is InChI=1S/C23H41N5O5Si2/c1-13(2)34(14(3)4)30-10-17-20(32-35(33-34,15(5)6)16(7)8)19(29)23(31-17)28-12-27-18-21(24-9)25-11-26-22(18)28/h11-17,19-20,23,29H,10H2,1-9H3,(H,24,25,26)/t17-,19-,20-,23-/m1/s1. The quantitative estimate of drug-likeness (QED) is 0.541. The Balaban J connectivity index is 1.77. The van der Waals surface area contributed by atoms with E-state index in [2.05, 4.69) is 75.7 Å². The Morgan fingerprint density at radius 3 is 2.17 bits per heavy atom. The lowest BCUT2D eigenvalue weighted by molar-refractivity contribution is -0.0570. The van der Waals surface area contributed by atoms with Gasteiger partial charge in [0.25, 0.3) is 0 Å². The van der Waals surface area contributed by atoms with Crippen molar-refractivity contribution >= 4 is 34.1 Å². The summed E-state index contributed by atoms with van der Waals surface area (Å²) in [5.41, 5.74) is 2.02. The number of hydrogen-bond donors (Lipinski definition) is 2. The van der Waals surface area contributed by atoms with Gasteiger partial charge in [0.05, 0.1) is 12.9 Å². The summed E-state index contributed by atoms with van der Waals surface area (Å²) < 4.78 is 29.2. The summed E-state index contributed by atoms with van der Waals surface area (Å²) in [4.78, 5) is 13.1. The molecule has 2 aliphatic heterocycles. The minimum absolute atomic E-state index is 0.167. The van der Waals surface area contributed by atoms with E-state index in [9.17, 15) is 5.11 Å². The van der Waals surface area contributed by atoms with E-state index in [1.807, 2.05) is 0 Å². The van der Waals surface area contributed by atoms with Crippen molar-refractivity contribution in [3.8, 4) is 0 Å². The van der Waals surface area contributed by atoms with Crippen molar-refractivity contribution in [3.63, 3.8) is 0 Å². The zero-order valence-electron chi connectivity index (χ0n) is 22.3. The SMILES string of the molecule is CNc1ncnc2c1ncn2[C@@H]1O[C@@H]2CO[Si](C(C)C)(C(C)C)O[Si](C(C)C)(C(C)C)O[C@H]2[C@H]1O. The van der Waals surface area contributed by atoms with Gasteiger partial charge in [-0.2, -0.15) is 0 Å². The molecule has 2 N–H and O–H groups in total. The molecule has 4 rings (SSSR count). The van der Waals surface area contributed by atoms with Crippen molar-refractivity contribution in [1.29, 1.82) is 0 Å². The van der Waals surface area contributed by atoms with Crippen LogP contribution in [0.2, 0.25) is 22.2 Å². The van der Waals surface area contributed by atoms with Gasteiger partial charge in [0.15, 0.2) is 17.7 Å². The summed E-state index contributed by atoms with van der Waals surface area (Å²) in [6.07, 6.45) is 0.457. The van der Waals surface area contributed by atoms with Crippen molar-refractivity contribution in [3.05, 3.63) is 12.7 Å². The molecule has 2 aliphatic rings. The zero-order chi connectivity index (χ0) is 25.7. The van der Waals surface area contributed by atoms with Crippen LogP contribution in [-0.2, 0) is 17.7 Å². The fourth-order valence-electron chi connectivity index (χ4n) is 5.59. The fraction of sp³-hybridized carbons (Fsp3) is 0.783. The molecule has 2 aromatic rings. The minimum Gasteiger partial charge on any atom is -0.414 e. The number of nitrogens with zero attached hydrogens (tertiary/aromatic N) is 4. The van der Waals surface area contributed by atoms with Gasteiger partial charge in [-0.1, -0.05) is 55.4 Å². The number of hydrogen-bond acceptors (Lipinski definition) is 9. The molecule has 2 aromatic heterocycles. The second kappa shape index (κ2) is 9.80. The normalized spacial score (nSPS) is 28.6. The molecular weight excluding hydrogens is 482 g/mol. The first-order valence-corrected chi connectivity index (χ1v) is 16.6. The highest BCUT2D eigenvalue weighted by atomic mass is 28.5. The lowest BCUT2D eigenvalue weighted by atomic mass is 10.1. The van der Waals surface area contributed by atoms with Crippen molar-refractivity contribution in [2.75, 3.05) is 19.0 Å². The van der Waals surface area contributed by atoms with Gasteiger partial charge >= 0.3 is 17.1 Å². The van der Waals surface area contributed by atoms with Crippen LogP contribution in [0.15, 0.2) is 12.7 Å². The lowest BCUT2D eigenvalue weighted by Gasteiger charge is -2.51. The molecule has 2 saturated heterocycles. The molecule has 0 amide bonds. The van der Waals surface area contributed by atoms with Crippen molar-refractivity contribution in [1.82, 2.24) is 19.5 Å². The molecule has 0 spiro atoms. The average molecular weight is 524 g/mol. The summed E-state index contributed by atoms with van der Waals surface area (Å²) in [6, 6.07) is 0. The summed E-state index contributed by atoms with van der Waals surface area (Å²) in [7, 11) is -3.75. The van der Waals surface area contributed by atoms with Gasteiger partial charge in [-0.05, 0) is 22.2 Å². The number of imidazole rings is 1. The highest BCUT2D eigenvalue weighted by Crippen LogP contribution is 2.48. The first kappa shape index (κ1) is 26.6. The van der Waals surface area contributed by atoms with E-state index in [1.165, 1.54) is 6.33 Å². The fourth-order valence-corrected chi connectivity index (χ4v) is 16.8. The van der Waals surface area contributed by atoms with Crippen LogP contribution in [0.25, 0.3) is 11.2 Å². The molecule has 0 unspecified atom stereocenters. The van der Waals surface area contributed by atoms with Gasteiger partial charge in [0.2, 0.25) is 0 Å². The van der Waals surface area contributed by atoms with Gasteiger partial charge in [-0.25, -0.2) is 15.0 Å². The van der Waals surface area contributed by atoms with Crippen molar-refractivity contribution < 1.29 is 22.8 Å². The number of aliphatic hydroxyl groups is 1. The molecular formula is C23H41N5O5Si2. The molecule has 0 aromatic carbocycles. The van der Waals surface area contributed by atoms with Gasteiger partial charge in [0.1, 0.15) is 30.2 Å². The molecule has 4 atom stereocenters. The monoisotopic (exact) mass is 523 g/mol. The predicted molar refractivity (Wildman–Crippen MR) is 139 cm³/mol. The second-order valence-corrected chi connectivity index (χ2v) is 19.8. The maximum absolute atomic E-state index is 11.6. The number of fused-ring (bicyclic) bond motifs is 2. The largest absolute Gasteiger partial charge is 0.414 e. The Morgan fingerprint density at radius 1 is 0.971 bits per heavy atom. The molecule has 0 radical (unpaired) electrons. The van der Waals surface area contributed by atoms with Crippen LogP contribution >= 0.6 is 0 Å². The van der Waals surface area contributed by atoms with E-state index in [0.29, 0.717) is 23.6 Å². The topological polar surface area (TPSA) is 113 Å². The van der Waals surface area contributed by atoms with E-state index in [-0.39, 0.29) is 22.2 Å². The summed E-state index contributed by atoms with van der Waals surface area (Å²) >= 11 is 0. The number of anilines is 1. The van der Waals surface area contributed by atoms with Crippen LogP contribution in [0.1, 0.15) is 61.6 Å². The maximum atomic E-state index is 11.6. The highest BCUT2D eigenvalue weighted by Gasteiger charge is 2.61. The molecule has 196 valence electrons. The van der Waals surface area contributed by atoms with Crippen LogP contribution in [-0.4, -0.2) is 73.7 Å². The Bertz CT molecular complexity index is 1020. The molecule has 10 nitrogen and oxygen atoms in total. The van der Waals surface area contributed by atoms with Crippen LogP contribution in [0.5, 0.6) is 0 Å². The van der Waals surface area contributed by atoms with E-state index in [0.717, 1.165) is 0 Å². The maximum Gasteiger partial charge on any atom is 0.335 e. The van der Waals surface area contributed by atoms with Crippen LogP contribution in [0.4, 0.5) is 5.82 Å². The minimum atomic E-state index is -2.86. The predicted octanol–water partition coefficient (Wildman–Crippen LogP) is 4.08. The Morgan fingerprint density at radius 2 is 1.60 bits per heavy atom. The van der Waals surface area contributed by atoms with Crippen LogP contribution in [0.3, 0.4) is 0 Å². The van der Waals surface area contributed by atoms with E-state index in [1.54, 1.807) is 17.9 Å². The molecule has 0 saturated carbocycles. The number of rotatable bonds is 6. The summed E-state index contributed by atoms with van der Waals surface area (Å²) in [5, 5.41) is 14.6. The molecule has 0 bridgehead atoms. The highest BCUT2D eigenvalue weighted by molar-refractivity contribution is 6.84. The first-order valence-electron chi connectivity index (χ1n) is 12.7. The van der Waals surface area contributed by atoms with Crippen LogP contribution < -0.4 is 5.32 Å². The van der Waals surface area contributed by atoms with E-state index < -0.39 is 41.7 Å². The van der Waals surface area contributed by atoms with Gasteiger partial charge in [-0.3, -0.25) is 4.57 Å². The van der Waals surface area contributed by atoms with Crippen molar-refractivity contribution in [2.24, 2.45) is 0 Å². The number of aromatic nitrogens is 4. The molecule has 0 aliphatic carbocycles. The Hall–Kier alpha value is -1.42. The third-order valence-corrected chi connectivity index (χ3v) is 17.8. The number of aliphatic hydroxyl groups excluding tert-OH is 1. The second-order valence-electron chi connectivity index (χ2n) is 10.9. The number of ether oxygens (including phenoxy) is 1. The average Bonchev–Trinajstić information content (AvgIpc) is 3.34. The Labute approximate surface area is 210 Å². The smallest absolute Gasteiger partial charge is 0.335 e. The third-order valence-electron chi connectivity index (χ3n) is 7.51. The molecule has 35 heavy (non-hydrogen) atoms. The third kappa shape index (κ3) is 4.26. The first-order chi connectivity index (χ1) is 16.5. The van der Waals surface area contributed by atoms with Gasteiger partial charge in [-0.15, -0.1) is 0 Å². The summed E-state index contributed by atoms with van der Waals surface area (Å²) in [6.45, 7) is 17.7. The van der Waals surface area contributed by atoms with Crippen molar-refractivity contribution in [2.45, 2.75) is 102 Å². The molecule has 4 heterocycles.